The second kappa shape index (κ2) is 10.1. The van der Waals surface area contributed by atoms with E-state index in [4.69, 9.17) is 16.3 Å². The second-order valence-electron chi connectivity index (χ2n) is 7.46. The highest BCUT2D eigenvalue weighted by Gasteiger charge is 2.20. The Morgan fingerprint density at radius 2 is 2.06 bits per heavy atom. The predicted octanol–water partition coefficient (Wildman–Crippen LogP) is 4.86. The molecule has 1 amide bonds. The molecular weight excluding hydrogens is 466 g/mol. The number of carbonyl (C=O) groups excluding carboxylic acids is 1. The molecule has 0 radical (unpaired) electrons. The molecule has 0 unspecified atom stereocenters. The maximum Gasteiger partial charge on any atom is 0.253 e. The normalized spacial score (nSPS) is 12.9. The Bertz CT molecular complexity index is 1230. The van der Waals surface area contributed by atoms with Crippen LogP contribution in [0.4, 0.5) is 37.6 Å². The van der Waals surface area contributed by atoms with Gasteiger partial charge in [0.1, 0.15) is 22.4 Å². The molecule has 3 N–H and O–H groups in total. The van der Waals surface area contributed by atoms with Crippen molar-refractivity contribution >= 4 is 46.3 Å². The second-order valence-corrected chi connectivity index (χ2v) is 7.87. The molecule has 0 fully saturated rings. The molecular formula is C23H23ClF2N6O2. The van der Waals surface area contributed by atoms with Gasteiger partial charge < -0.3 is 25.6 Å². The summed E-state index contributed by atoms with van der Waals surface area (Å²) in [6, 6.07) is 7.06. The lowest BCUT2D eigenvalue weighted by atomic mass is 10.1. The highest BCUT2D eigenvalue weighted by Crippen LogP contribution is 2.36. The van der Waals surface area contributed by atoms with E-state index in [9.17, 15) is 13.6 Å². The van der Waals surface area contributed by atoms with Crippen LogP contribution in [-0.4, -0.2) is 42.6 Å². The van der Waals surface area contributed by atoms with Gasteiger partial charge in [0.15, 0.2) is 5.82 Å². The molecule has 1 aromatic heterocycles. The molecule has 178 valence electrons. The molecule has 0 saturated carbocycles. The first-order valence-corrected chi connectivity index (χ1v) is 11.1. The number of benzene rings is 2. The summed E-state index contributed by atoms with van der Waals surface area (Å²) < 4.78 is 35.2. The van der Waals surface area contributed by atoms with Gasteiger partial charge in [-0.1, -0.05) is 17.7 Å². The van der Waals surface area contributed by atoms with Crippen molar-refractivity contribution in [3.8, 4) is 5.75 Å². The van der Waals surface area contributed by atoms with Crippen molar-refractivity contribution in [1.29, 1.82) is 0 Å². The SMILES string of the molecule is CCN1CCCOc2cc(Nc3ncc(Cl)c(Nc4c(F)cccc4C(=O)NC)n3)c(F)cc21. The standard InChI is InChI=1S/C23H23ClF2N6O2/c1-3-32-8-5-9-34-19-11-17(16(26)10-18(19)32)29-23-28-12-14(24)21(31-23)30-20-13(22(33)27-2)6-4-7-15(20)25/h4,6-7,10-12H,3,5,8-9H2,1-2H3,(H,27,33)(H2,28,29,30,31). The van der Waals surface area contributed by atoms with E-state index in [1.54, 1.807) is 6.07 Å². The lowest BCUT2D eigenvalue weighted by Crippen LogP contribution is -2.23. The lowest BCUT2D eigenvalue weighted by molar-refractivity contribution is 0.0963. The summed E-state index contributed by atoms with van der Waals surface area (Å²) in [6.45, 7) is 4.03. The van der Waals surface area contributed by atoms with Gasteiger partial charge in [-0.05, 0) is 25.5 Å². The molecule has 34 heavy (non-hydrogen) atoms. The molecule has 8 nitrogen and oxygen atoms in total. The van der Waals surface area contributed by atoms with Gasteiger partial charge in [0, 0.05) is 32.3 Å². The molecule has 3 aromatic rings. The van der Waals surface area contributed by atoms with Crippen LogP contribution in [0, 0.1) is 11.6 Å². The molecule has 2 heterocycles. The summed E-state index contributed by atoms with van der Waals surface area (Å²) in [5.74, 6) is -1.05. The fourth-order valence-electron chi connectivity index (χ4n) is 3.62. The van der Waals surface area contributed by atoms with Gasteiger partial charge in [-0.3, -0.25) is 4.79 Å². The number of halogens is 3. The van der Waals surface area contributed by atoms with E-state index >= 15 is 0 Å². The van der Waals surface area contributed by atoms with Crippen molar-refractivity contribution in [2.45, 2.75) is 13.3 Å². The number of fused-ring (bicyclic) bond motifs is 1. The first kappa shape index (κ1) is 23.5. The van der Waals surface area contributed by atoms with E-state index in [1.165, 1.54) is 37.5 Å². The fraction of sp³-hybridized carbons (Fsp3) is 0.261. The predicted molar refractivity (Wildman–Crippen MR) is 128 cm³/mol. The van der Waals surface area contributed by atoms with Crippen LogP contribution in [0.2, 0.25) is 5.02 Å². The maximum absolute atomic E-state index is 14.9. The number of anilines is 5. The third kappa shape index (κ3) is 4.81. The zero-order valence-electron chi connectivity index (χ0n) is 18.6. The van der Waals surface area contributed by atoms with Crippen molar-refractivity contribution in [1.82, 2.24) is 15.3 Å². The summed E-state index contributed by atoms with van der Waals surface area (Å²) in [7, 11) is 1.44. The molecule has 1 aliphatic rings. The fourth-order valence-corrected chi connectivity index (χ4v) is 3.76. The zero-order chi connectivity index (χ0) is 24.2. The first-order chi connectivity index (χ1) is 16.4. The molecule has 0 bridgehead atoms. The quantitative estimate of drug-likeness (QED) is 0.456. The third-order valence-corrected chi connectivity index (χ3v) is 5.60. The number of hydrogen-bond donors (Lipinski definition) is 3. The number of aromatic nitrogens is 2. The van der Waals surface area contributed by atoms with Crippen molar-refractivity contribution < 1.29 is 18.3 Å². The largest absolute Gasteiger partial charge is 0.491 e. The van der Waals surface area contributed by atoms with Crippen LogP contribution in [0.15, 0.2) is 36.5 Å². The van der Waals surface area contributed by atoms with Gasteiger partial charge in [0.25, 0.3) is 5.91 Å². The number of amides is 1. The van der Waals surface area contributed by atoms with Gasteiger partial charge >= 0.3 is 0 Å². The van der Waals surface area contributed by atoms with Gasteiger partial charge in [0.2, 0.25) is 5.95 Å². The molecule has 0 atom stereocenters. The Labute approximate surface area is 200 Å². The highest BCUT2D eigenvalue weighted by atomic mass is 35.5. The van der Waals surface area contributed by atoms with Gasteiger partial charge in [0.05, 0.1) is 35.4 Å². The summed E-state index contributed by atoms with van der Waals surface area (Å²) in [4.78, 5) is 22.5. The van der Waals surface area contributed by atoms with E-state index in [1.807, 2.05) is 6.92 Å². The Balaban J connectivity index is 1.65. The average Bonchev–Trinajstić information content (AvgIpc) is 3.03. The van der Waals surface area contributed by atoms with Crippen LogP contribution in [0.3, 0.4) is 0 Å². The molecule has 2 aromatic carbocycles. The molecule has 11 heteroatoms. The molecule has 0 saturated heterocycles. The Kier molecular flexibility index (Phi) is 6.97. The zero-order valence-corrected chi connectivity index (χ0v) is 19.3. The minimum Gasteiger partial charge on any atom is -0.491 e. The number of rotatable bonds is 6. The molecule has 1 aliphatic heterocycles. The van der Waals surface area contributed by atoms with Crippen LogP contribution in [0.5, 0.6) is 5.75 Å². The summed E-state index contributed by atoms with van der Waals surface area (Å²) in [5.41, 5.74) is 0.768. The third-order valence-electron chi connectivity index (χ3n) is 5.32. The Hall–Kier alpha value is -3.66. The van der Waals surface area contributed by atoms with Crippen molar-refractivity contribution in [2.24, 2.45) is 0 Å². The van der Waals surface area contributed by atoms with Crippen LogP contribution >= 0.6 is 11.6 Å². The average molecular weight is 489 g/mol. The van der Waals surface area contributed by atoms with Crippen LogP contribution < -0.4 is 25.6 Å². The lowest BCUT2D eigenvalue weighted by Gasteiger charge is -2.22. The summed E-state index contributed by atoms with van der Waals surface area (Å²) >= 11 is 6.21. The van der Waals surface area contributed by atoms with Crippen molar-refractivity contribution in [3.05, 3.63) is 58.7 Å². The van der Waals surface area contributed by atoms with E-state index < -0.39 is 17.5 Å². The Morgan fingerprint density at radius 1 is 1.24 bits per heavy atom. The van der Waals surface area contributed by atoms with Crippen LogP contribution in [0.25, 0.3) is 0 Å². The van der Waals surface area contributed by atoms with Crippen LogP contribution in [0.1, 0.15) is 23.7 Å². The molecule has 0 aliphatic carbocycles. The van der Waals surface area contributed by atoms with Gasteiger partial charge in [-0.15, -0.1) is 0 Å². The van der Waals surface area contributed by atoms with E-state index in [-0.39, 0.29) is 33.7 Å². The van der Waals surface area contributed by atoms with E-state index in [2.05, 4.69) is 30.8 Å². The molecule has 4 rings (SSSR count). The smallest absolute Gasteiger partial charge is 0.253 e. The number of para-hydroxylation sites is 1. The monoisotopic (exact) mass is 488 g/mol. The number of ether oxygens (including phenoxy) is 1. The van der Waals surface area contributed by atoms with E-state index in [0.717, 1.165) is 19.5 Å². The Morgan fingerprint density at radius 3 is 2.82 bits per heavy atom. The maximum atomic E-state index is 14.9. The van der Waals surface area contributed by atoms with Gasteiger partial charge in [-0.25, -0.2) is 13.8 Å². The highest BCUT2D eigenvalue weighted by molar-refractivity contribution is 6.33. The van der Waals surface area contributed by atoms with E-state index in [0.29, 0.717) is 18.0 Å². The minimum absolute atomic E-state index is 0.0181. The first-order valence-electron chi connectivity index (χ1n) is 10.7. The van der Waals surface area contributed by atoms with Crippen molar-refractivity contribution in [2.75, 3.05) is 42.3 Å². The van der Waals surface area contributed by atoms with Crippen molar-refractivity contribution in [3.63, 3.8) is 0 Å². The number of hydrogen-bond acceptors (Lipinski definition) is 7. The topological polar surface area (TPSA) is 91.4 Å². The number of nitrogens with zero attached hydrogens (tertiary/aromatic N) is 3. The number of carbonyl (C=O) groups is 1. The summed E-state index contributed by atoms with van der Waals surface area (Å²) in [6.07, 6.45) is 2.12. The van der Waals surface area contributed by atoms with Gasteiger partial charge in [-0.2, -0.15) is 4.98 Å². The molecule has 0 spiro atoms. The minimum atomic E-state index is -0.667. The number of nitrogens with one attached hydrogen (secondary N) is 3. The van der Waals surface area contributed by atoms with Crippen LogP contribution in [-0.2, 0) is 0 Å². The summed E-state index contributed by atoms with van der Waals surface area (Å²) in [5, 5.41) is 8.12.